The van der Waals surface area contributed by atoms with E-state index in [1.165, 1.54) is 77.0 Å². The lowest BCUT2D eigenvalue weighted by Crippen LogP contribution is -1.98. The first-order valence-corrected chi connectivity index (χ1v) is 17.2. The lowest BCUT2D eigenvalue weighted by Gasteiger charge is -2.15. The second-order valence-corrected chi connectivity index (χ2v) is 12.9. The first kappa shape index (κ1) is 28.4. The summed E-state index contributed by atoms with van der Waals surface area (Å²) in [5, 5.41) is 5.04. The number of nitrogens with zero attached hydrogens (tertiary/aromatic N) is 2. The Bertz CT molecular complexity index is 2740. The quantitative estimate of drug-likeness (QED) is 0.178. The Kier molecular flexibility index (Phi) is 6.53. The summed E-state index contributed by atoms with van der Waals surface area (Å²) in [5.74, 6) is 0. The first-order chi connectivity index (χ1) is 24.8. The minimum absolute atomic E-state index is 1.16. The Labute approximate surface area is 290 Å². The molecule has 0 saturated heterocycles. The van der Waals surface area contributed by atoms with Crippen molar-refractivity contribution in [3.05, 3.63) is 194 Å². The van der Waals surface area contributed by atoms with Gasteiger partial charge in [-0.1, -0.05) is 152 Å². The minimum atomic E-state index is 1.16. The number of fused-ring (bicyclic) bond motifs is 6. The van der Waals surface area contributed by atoms with Gasteiger partial charge >= 0.3 is 0 Å². The number of rotatable bonds is 5. The van der Waals surface area contributed by atoms with Crippen molar-refractivity contribution in [2.45, 2.75) is 0 Å². The zero-order valence-corrected chi connectivity index (χ0v) is 27.4. The molecule has 2 heterocycles. The molecule has 0 saturated carbocycles. The van der Waals surface area contributed by atoms with E-state index in [-0.39, 0.29) is 0 Å². The molecule has 0 atom stereocenters. The van der Waals surface area contributed by atoms with Crippen LogP contribution in [0.2, 0.25) is 0 Å². The molecule has 0 bridgehead atoms. The molecule has 0 N–H and O–H groups in total. The molecular formula is C48H32N2. The molecule has 0 radical (unpaired) electrons. The van der Waals surface area contributed by atoms with Gasteiger partial charge in [-0.25, -0.2) is 0 Å². The van der Waals surface area contributed by atoms with Crippen LogP contribution >= 0.6 is 0 Å². The Morgan fingerprint density at radius 1 is 0.280 bits per heavy atom. The maximum Gasteiger partial charge on any atom is 0.0547 e. The van der Waals surface area contributed by atoms with Gasteiger partial charge in [0, 0.05) is 32.8 Å². The van der Waals surface area contributed by atoms with Gasteiger partial charge in [-0.3, -0.25) is 0 Å². The molecule has 10 aromatic rings. The van der Waals surface area contributed by atoms with Crippen LogP contribution in [0.1, 0.15) is 0 Å². The molecule has 0 amide bonds. The summed E-state index contributed by atoms with van der Waals surface area (Å²) in [5.41, 5.74) is 14.4. The predicted octanol–water partition coefficient (Wildman–Crippen LogP) is 12.9. The average Bonchev–Trinajstić information content (AvgIpc) is 3.71. The lowest BCUT2D eigenvalue weighted by atomic mass is 9.95. The van der Waals surface area contributed by atoms with Crippen molar-refractivity contribution in [3.63, 3.8) is 0 Å². The topological polar surface area (TPSA) is 9.86 Å². The molecular weight excluding hydrogens is 605 g/mol. The summed E-state index contributed by atoms with van der Waals surface area (Å²) in [6.07, 6.45) is 0. The normalized spacial score (nSPS) is 11.6. The molecule has 2 nitrogen and oxygen atoms in total. The van der Waals surface area contributed by atoms with Gasteiger partial charge in [-0.2, -0.15) is 0 Å². The number of benzene rings is 8. The standard InChI is InChI=1S/C48H32N2/c1-4-16-33(17-5-1)38-24-14-28-44-47(38)48-39(34-18-6-2-7-19-34)25-15-29-45(48)50(44)42-26-12-10-22-37(42)35-30-31-41-40-23-11-13-27-43(40)49(46(41)32-35)36-20-8-3-9-21-36/h1-32H. The van der Waals surface area contributed by atoms with E-state index in [1.807, 2.05) is 0 Å². The van der Waals surface area contributed by atoms with Crippen molar-refractivity contribution in [1.82, 2.24) is 9.13 Å². The van der Waals surface area contributed by atoms with Crippen molar-refractivity contribution in [2.75, 3.05) is 0 Å². The Morgan fingerprint density at radius 2 is 0.780 bits per heavy atom. The molecule has 2 aromatic heterocycles. The van der Waals surface area contributed by atoms with E-state index in [2.05, 4.69) is 203 Å². The highest BCUT2D eigenvalue weighted by Gasteiger charge is 2.21. The number of aromatic nitrogens is 2. The minimum Gasteiger partial charge on any atom is -0.309 e. The molecule has 0 unspecified atom stereocenters. The van der Waals surface area contributed by atoms with Gasteiger partial charge in [-0.05, 0) is 70.3 Å². The van der Waals surface area contributed by atoms with Gasteiger partial charge in [0.2, 0.25) is 0 Å². The Balaban J connectivity index is 1.28. The lowest BCUT2D eigenvalue weighted by molar-refractivity contribution is 1.17. The summed E-state index contributed by atoms with van der Waals surface area (Å²) in [6.45, 7) is 0. The SMILES string of the molecule is c1ccc(-c2cccc3c2c2c(-c4ccccc4)cccc2n3-c2ccccc2-c2ccc3c4ccccc4n(-c4ccccc4)c3c2)cc1. The number of hydrogen-bond donors (Lipinski definition) is 0. The van der Waals surface area contributed by atoms with Crippen LogP contribution in [-0.4, -0.2) is 9.13 Å². The summed E-state index contributed by atoms with van der Waals surface area (Å²) < 4.78 is 4.88. The van der Waals surface area contributed by atoms with E-state index in [4.69, 9.17) is 0 Å². The molecule has 50 heavy (non-hydrogen) atoms. The number of para-hydroxylation sites is 3. The van der Waals surface area contributed by atoms with Gasteiger partial charge in [0.25, 0.3) is 0 Å². The average molecular weight is 637 g/mol. The smallest absolute Gasteiger partial charge is 0.0547 e. The predicted molar refractivity (Wildman–Crippen MR) is 211 cm³/mol. The van der Waals surface area contributed by atoms with Gasteiger partial charge < -0.3 is 9.13 Å². The van der Waals surface area contributed by atoms with Crippen LogP contribution in [0.5, 0.6) is 0 Å². The van der Waals surface area contributed by atoms with Crippen LogP contribution < -0.4 is 0 Å². The maximum atomic E-state index is 2.48. The summed E-state index contributed by atoms with van der Waals surface area (Å²) in [4.78, 5) is 0. The highest BCUT2D eigenvalue weighted by Crippen LogP contribution is 2.44. The van der Waals surface area contributed by atoms with Gasteiger partial charge in [-0.15, -0.1) is 0 Å². The monoisotopic (exact) mass is 636 g/mol. The van der Waals surface area contributed by atoms with Crippen molar-refractivity contribution in [1.29, 1.82) is 0 Å². The van der Waals surface area contributed by atoms with Crippen molar-refractivity contribution in [3.8, 4) is 44.8 Å². The van der Waals surface area contributed by atoms with Crippen LogP contribution in [-0.2, 0) is 0 Å². The molecule has 8 aromatic carbocycles. The van der Waals surface area contributed by atoms with Crippen LogP contribution in [0.3, 0.4) is 0 Å². The molecule has 0 aliphatic rings. The van der Waals surface area contributed by atoms with Gasteiger partial charge in [0.05, 0.1) is 27.8 Å². The molecule has 0 aliphatic carbocycles. The van der Waals surface area contributed by atoms with Crippen LogP contribution in [0.25, 0.3) is 88.4 Å². The van der Waals surface area contributed by atoms with Crippen molar-refractivity contribution in [2.24, 2.45) is 0 Å². The van der Waals surface area contributed by atoms with Crippen LogP contribution in [0, 0.1) is 0 Å². The molecule has 234 valence electrons. The van der Waals surface area contributed by atoms with Gasteiger partial charge in [0.15, 0.2) is 0 Å². The van der Waals surface area contributed by atoms with Gasteiger partial charge in [0.1, 0.15) is 0 Å². The number of hydrogen-bond acceptors (Lipinski definition) is 0. The third kappa shape index (κ3) is 4.36. The van der Waals surface area contributed by atoms with E-state index >= 15 is 0 Å². The first-order valence-electron chi connectivity index (χ1n) is 17.2. The largest absolute Gasteiger partial charge is 0.309 e. The van der Waals surface area contributed by atoms with E-state index in [0.717, 1.165) is 11.4 Å². The van der Waals surface area contributed by atoms with Crippen LogP contribution in [0.15, 0.2) is 194 Å². The summed E-state index contributed by atoms with van der Waals surface area (Å²) in [7, 11) is 0. The third-order valence-electron chi connectivity index (χ3n) is 10.1. The fraction of sp³-hybridized carbons (Fsp3) is 0. The molecule has 10 rings (SSSR count). The third-order valence-corrected chi connectivity index (χ3v) is 10.1. The fourth-order valence-electron chi connectivity index (χ4n) is 7.99. The van der Waals surface area contributed by atoms with E-state index in [1.54, 1.807) is 0 Å². The molecule has 0 aliphatic heterocycles. The van der Waals surface area contributed by atoms with E-state index < -0.39 is 0 Å². The second kappa shape index (κ2) is 11.5. The zero-order chi connectivity index (χ0) is 33.0. The summed E-state index contributed by atoms with van der Waals surface area (Å²) in [6, 6.07) is 70.4. The van der Waals surface area contributed by atoms with E-state index in [0.29, 0.717) is 0 Å². The van der Waals surface area contributed by atoms with Crippen molar-refractivity contribution >= 4 is 43.6 Å². The molecule has 0 spiro atoms. The van der Waals surface area contributed by atoms with Crippen LogP contribution in [0.4, 0.5) is 0 Å². The molecule has 0 fully saturated rings. The van der Waals surface area contributed by atoms with Crippen molar-refractivity contribution < 1.29 is 0 Å². The maximum absolute atomic E-state index is 2.48. The second-order valence-electron chi connectivity index (χ2n) is 12.9. The highest BCUT2D eigenvalue weighted by atomic mass is 15.0. The van der Waals surface area contributed by atoms with E-state index in [9.17, 15) is 0 Å². The zero-order valence-electron chi connectivity index (χ0n) is 27.4. The highest BCUT2D eigenvalue weighted by molar-refractivity contribution is 6.21. The molecule has 2 heteroatoms. The Hall–Kier alpha value is -6.64. The fourth-order valence-corrected chi connectivity index (χ4v) is 7.99. The summed E-state index contributed by atoms with van der Waals surface area (Å²) >= 11 is 0. The Morgan fingerprint density at radius 3 is 1.44 bits per heavy atom.